The lowest BCUT2D eigenvalue weighted by Crippen LogP contribution is -2.48. The van der Waals surface area contributed by atoms with Crippen LogP contribution in [0.1, 0.15) is 44.1 Å². The van der Waals surface area contributed by atoms with Gasteiger partial charge in [0.2, 0.25) is 5.91 Å². The summed E-state index contributed by atoms with van der Waals surface area (Å²) in [6.07, 6.45) is 6.43. The van der Waals surface area contributed by atoms with Gasteiger partial charge in [-0.2, -0.15) is 0 Å². The van der Waals surface area contributed by atoms with E-state index in [0.29, 0.717) is 24.7 Å². The van der Waals surface area contributed by atoms with Crippen LogP contribution in [0.3, 0.4) is 0 Å². The fraction of sp³-hybridized carbons (Fsp3) is 0.600. The number of amides is 1. The second-order valence-electron chi connectivity index (χ2n) is 7.46. The van der Waals surface area contributed by atoms with Gasteiger partial charge in [-0.05, 0) is 61.6 Å². The standard InChI is InChI=1S/C20H28N2O3/c1-25-18(23)10-7-13-5-8-17(9-6-13)22-20(24)16-11-14-3-2-4-15(12-16)19(14)21/h5-6,8-9,14-16,19H,2-4,7,10-12,21H2,1H3,(H,22,24). The van der Waals surface area contributed by atoms with Crippen molar-refractivity contribution in [3.8, 4) is 0 Å². The van der Waals surface area contributed by atoms with Crippen LogP contribution >= 0.6 is 0 Å². The van der Waals surface area contributed by atoms with Crippen LogP contribution in [0.2, 0.25) is 0 Å². The molecule has 136 valence electrons. The van der Waals surface area contributed by atoms with E-state index in [1.807, 2.05) is 24.3 Å². The van der Waals surface area contributed by atoms with E-state index in [-0.39, 0.29) is 23.8 Å². The number of hydrogen-bond acceptors (Lipinski definition) is 4. The van der Waals surface area contributed by atoms with Crippen molar-refractivity contribution in [2.24, 2.45) is 23.5 Å². The molecule has 2 unspecified atom stereocenters. The third-order valence-corrected chi connectivity index (χ3v) is 5.85. The van der Waals surface area contributed by atoms with E-state index in [2.05, 4.69) is 10.1 Å². The maximum Gasteiger partial charge on any atom is 0.305 e. The first kappa shape index (κ1) is 17.9. The molecule has 2 fully saturated rings. The summed E-state index contributed by atoms with van der Waals surface area (Å²) < 4.78 is 4.65. The van der Waals surface area contributed by atoms with E-state index in [4.69, 9.17) is 5.73 Å². The van der Waals surface area contributed by atoms with Crippen LogP contribution in [0.5, 0.6) is 0 Å². The second kappa shape index (κ2) is 8.00. The molecule has 2 atom stereocenters. The van der Waals surface area contributed by atoms with Crippen LogP contribution in [0, 0.1) is 17.8 Å². The van der Waals surface area contributed by atoms with Gasteiger partial charge in [0.15, 0.2) is 0 Å². The molecule has 1 aromatic rings. The molecule has 0 aliphatic heterocycles. The highest BCUT2D eigenvalue weighted by Gasteiger charge is 2.40. The second-order valence-corrected chi connectivity index (χ2v) is 7.46. The monoisotopic (exact) mass is 344 g/mol. The number of anilines is 1. The van der Waals surface area contributed by atoms with Crippen molar-refractivity contribution in [1.82, 2.24) is 0 Å². The van der Waals surface area contributed by atoms with Crippen molar-refractivity contribution in [2.45, 2.75) is 51.0 Å². The maximum atomic E-state index is 12.6. The Hall–Kier alpha value is -1.88. The van der Waals surface area contributed by atoms with Crippen molar-refractivity contribution >= 4 is 17.6 Å². The summed E-state index contributed by atoms with van der Waals surface area (Å²) in [5, 5.41) is 3.05. The molecule has 5 heteroatoms. The molecule has 25 heavy (non-hydrogen) atoms. The number of fused-ring (bicyclic) bond motifs is 2. The van der Waals surface area contributed by atoms with E-state index < -0.39 is 0 Å². The zero-order valence-corrected chi connectivity index (χ0v) is 14.9. The lowest BCUT2D eigenvalue weighted by molar-refractivity contribution is -0.140. The molecule has 2 aliphatic rings. The SMILES string of the molecule is COC(=O)CCc1ccc(NC(=O)C2CC3CCCC(C2)C3N)cc1. The molecule has 5 nitrogen and oxygen atoms in total. The van der Waals surface area contributed by atoms with Gasteiger partial charge >= 0.3 is 5.97 Å². The van der Waals surface area contributed by atoms with E-state index in [0.717, 1.165) is 36.9 Å². The summed E-state index contributed by atoms with van der Waals surface area (Å²) in [5.74, 6) is 0.992. The third-order valence-electron chi connectivity index (χ3n) is 5.85. The number of ether oxygens (including phenoxy) is 1. The van der Waals surface area contributed by atoms with Crippen molar-refractivity contribution < 1.29 is 14.3 Å². The quantitative estimate of drug-likeness (QED) is 0.805. The smallest absolute Gasteiger partial charge is 0.305 e. The van der Waals surface area contributed by atoms with Gasteiger partial charge in [0.1, 0.15) is 0 Å². The highest BCUT2D eigenvalue weighted by atomic mass is 16.5. The predicted octanol–water partition coefficient (Wildman–Crippen LogP) is 2.88. The molecule has 1 aromatic carbocycles. The van der Waals surface area contributed by atoms with Gasteiger partial charge in [0.05, 0.1) is 7.11 Å². The fourth-order valence-corrected chi connectivity index (χ4v) is 4.35. The van der Waals surface area contributed by atoms with E-state index in [1.54, 1.807) is 0 Å². The van der Waals surface area contributed by atoms with Crippen LogP contribution in [0.4, 0.5) is 5.69 Å². The average Bonchev–Trinajstić information content (AvgIpc) is 2.60. The van der Waals surface area contributed by atoms with Gasteiger partial charge < -0.3 is 15.8 Å². The molecular formula is C20H28N2O3. The Morgan fingerprint density at radius 3 is 2.40 bits per heavy atom. The summed E-state index contributed by atoms with van der Waals surface area (Å²) in [6.45, 7) is 0. The van der Waals surface area contributed by atoms with E-state index in [1.165, 1.54) is 13.5 Å². The molecular weight excluding hydrogens is 316 g/mol. The van der Waals surface area contributed by atoms with Gasteiger partial charge in [-0.15, -0.1) is 0 Å². The molecule has 0 aromatic heterocycles. The first-order valence-electron chi connectivity index (χ1n) is 9.29. The zero-order valence-electron chi connectivity index (χ0n) is 14.9. The van der Waals surface area contributed by atoms with Gasteiger partial charge in [-0.3, -0.25) is 9.59 Å². The largest absolute Gasteiger partial charge is 0.469 e. The van der Waals surface area contributed by atoms with Crippen molar-refractivity contribution in [3.63, 3.8) is 0 Å². The van der Waals surface area contributed by atoms with Gasteiger partial charge in [-0.25, -0.2) is 0 Å². The van der Waals surface area contributed by atoms with Gasteiger partial charge in [0.25, 0.3) is 0 Å². The molecule has 2 bridgehead atoms. The Morgan fingerprint density at radius 2 is 1.80 bits per heavy atom. The number of esters is 1. The predicted molar refractivity (Wildman–Crippen MR) is 96.9 cm³/mol. The number of carbonyl (C=O) groups is 2. The summed E-state index contributed by atoms with van der Waals surface area (Å²) in [4.78, 5) is 23.8. The molecule has 2 saturated carbocycles. The van der Waals surface area contributed by atoms with E-state index in [9.17, 15) is 9.59 Å². The highest BCUT2D eigenvalue weighted by Crippen LogP contribution is 2.42. The minimum atomic E-state index is -0.210. The lowest BCUT2D eigenvalue weighted by atomic mass is 9.65. The molecule has 0 radical (unpaired) electrons. The highest BCUT2D eigenvalue weighted by molar-refractivity contribution is 5.92. The minimum absolute atomic E-state index is 0.0779. The maximum absolute atomic E-state index is 12.6. The van der Waals surface area contributed by atoms with Gasteiger partial charge in [0, 0.05) is 24.1 Å². The Bertz CT molecular complexity index is 600. The average molecular weight is 344 g/mol. The zero-order chi connectivity index (χ0) is 17.8. The summed E-state index contributed by atoms with van der Waals surface area (Å²) in [6, 6.07) is 7.99. The lowest BCUT2D eigenvalue weighted by Gasteiger charge is -2.43. The number of aryl methyl sites for hydroxylation is 1. The van der Waals surface area contributed by atoms with Gasteiger partial charge in [-0.1, -0.05) is 18.6 Å². The molecule has 0 spiro atoms. The first-order chi connectivity index (χ1) is 12.1. The molecule has 0 saturated heterocycles. The summed E-state index contributed by atoms with van der Waals surface area (Å²) in [7, 11) is 1.40. The topological polar surface area (TPSA) is 81.4 Å². The van der Waals surface area contributed by atoms with Crippen LogP contribution in [0.25, 0.3) is 0 Å². The molecule has 3 N–H and O–H groups in total. The number of nitrogens with one attached hydrogen (secondary N) is 1. The number of methoxy groups -OCH3 is 1. The first-order valence-corrected chi connectivity index (χ1v) is 9.29. The minimum Gasteiger partial charge on any atom is -0.469 e. The molecule has 2 aliphatic carbocycles. The van der Waals surface area contributed by atoms with Crippen LogP contribution in [0.15, 0.2) is 24.3 Å². The summed E-state index contributed by atoms with van der Waals surface area (Å²) >= 11 is 0. The van der Waals surface area contributed by atoms with Crippen molar-refractivity contribution in [2.75, 3.05) is 12.4 Å². The number of hydrogen-bond donors (Lipinski definition) is 2. The Morgan fingerprint density at radius 1 is 1.16 bits per heavy atom. The Kier molecular flexibility index (Phi) is 5.74. The summed E-state index contributed by atoms with van der Waals surface area (Å²) in [5.41, 5.74) is 8.18. The van der Waals surface area contributed by atoms with Crippen molar-refractivity contribution in [3.05, 3.63) is 29.8 Å². The Labute approximate surface area is 149 Å². The molecule has 0 heterocycles. The fourth-order valence-electron chi connectivity index (χ4n) is 4.35. The van der Waals surface area contributed by atoms with Crippen LogP contribution in [-0.4, -0.2) is 25.0 Å². The number of rotatable bonds is 5. The normalized spacial score (nSPS) is 28.2. The van der Waals surface area contributed by atoms with Crippen LogP contribution < -0.4 is 11.1 Å². The third kappa shape index (κ3) is 4.40. The Balaban J connectivity index is 1.53. The number of carbonyl (C=O) groups excluding carboxylic acids is 2. The van der Waals surface area contributed by atoms with Crippen molar-refractivity contribution in [1.29, 1.82) is 0 Å². The molecule has 3 rings (SSSR count). The molecule has 1 amide bonds. The number of nitrogens with two attached hydrogens (primary N) is 1. The van der Waals surface area contributed by atoms with Crippen LogP contribution in [-0.2, 0) is 20.7 Å². The number of benzene rings is 1. The van der Waals surface area contributed by atoms with E-state index >= 15 is 0 Å².